The van der Waals surface area contributed by atoms with Crippen molar-refractivity contribution in [1.82, 2.24) is 15.1 Å². The van der Waals surface area contributed by atoms with Crippen molar-refractivity contribution in [2.75, 3.05) is 14.2 Å². The molecule has 0 aliphatic heterocycles. The fraction of sp³-hybridized carbons (Fsp3) is 0.353. The SMILES string of the molecule is CC[C@](C)(NC(=O)c1ccn(-c2ccc(OC)cc2)n1)C(=O)OC. The van der Waals surface area contributed by atoms with Gasteiger partial charge in [-0.1, -0.05) is 6.92 Å². The number of rotatable bonds is 6. The average Bonchev–Trinajstić information content (AvgIpc) is 3.11. The molecule has 0 saturated heterocycles. The second kappa shape index (κ2) is 7.16. The van der Waals surface area contributed by atoms with E-state index in [1.54, 1.807) is 37.9 Å². The predicted octanol–water partition coefficient (Wildman–Crippen LogP) is 1.95. The molecule has 1 aromatic carbocycles. The molecule has 2 aromatic rings. The zero-order chi connectivity index (χ0) is 17.7. The molecule has 7 heteroatoms. The molecule has 24 heavy (non-hydrogen) atoms. The van der Waals surface area contributed by atoms with E-state index < -0.39 is 17.4 Å². The average molecular weight is 331 g/mol. The van der Waals surface area contributed by atoms with Crippen molar-refractivity contribution in [3.8, 4) is 11.4 Å². The van der Waals surface area contributed by atoms with Gasteiger partial charge in [0.2, 0.25) is 0 Å². The van der Waals surface area contributed by atoms with E-state index in [4.69, 9.17) is 9.47 Å². The normalized spacial score (nSPS) is 13.0. The van der Waals surface area contributed by atoms with Crippen molar-refractivity contribution in [2.24, 2.45) is 0 Å². The van der Waals surface area contributed by atoms with Gasteiger partial charge in [0.15, 0.2) is 5.69 Å². The number of carbonyl (C=O) groups excluding carboxylic acids is 2. The zero-order valence-electron chi connectivity index (χ0n) is 14.2. The number of esters is 1. The van der Waals surface area contributed by atoms with Crippen molar-refractivity contribution in [3.63, 3.8) is 0 Å². The smallest absolute Gasteiger partial charge is 0.331 e. The van der Waals surface area contributed by atoms with Crippen LogP contribution in [0.15, 0.2) is 36.5 Å². The Morgan fingerprint density at radius 3 is 2.42 bits per heavy atom. The van der Waals surface area contributed by atoms with Crippen molar-refractivity contribution in [1.29, 1.82) is 0 Å². The lowest BCUT2D eigenvalue weighted by Crippen LogP contribution is -2.52. The van der Waals surface area contributed by atoms with Gasteiger partial charge in [-0.25, -0.2) is 9.48 Å². The van der Waals surface area contributed by atoms with Crippen molar-refractivity contribution < 1.29 is 19.1 Å². The maximum Gasteiger partial charge on any atom is 0.331 e. The van der Waals surface area contributed by atoms with Crippen molar-refractivity contribution >= 4 is 11.9 Å². The van der Waals surface area contributed by atoms with Crippen LogP contribution >= 0.6 is 0 Å². The maximum absolute atomic E-state index is 12.4. The van der Waals surface area contributed by atoms with Crippen LogP contribution in [-0.4, -0.2) is 41.4 Å². The van der Waals surface area contributed by atoms with Gasteiger partial charge in [0, 0.05) is 6.20 Å². The number of benzene rings is 1. The fourth-order valence-electron chi connectivity index (χ4n) is 2.15. The number of nitrogens with one attached hydrogen (secondary N) is 1. The molecule has 0 fully saturated rings. The summed E-state index contributed by atoms with van der Waals surface area (Å²) in [6.45, 7) is 3.42. The van der Waals surface area contributed by atoms with E-state index >= 15 is 0 Å². The minimum absolute atomic E-state index is 0.217. The first-order chi connectivity index (χ1) is 11.4. The Bertz CT molecular complexity index is 724. The Hall–Kier alpha value is -2.83. The third-order valence-electron chi connectivity index (χ3n) is 3.89. The maximum atomic E-state index is 12.4. The van der Waals surface area contributed by atoms with E-state index in [9.17, 15) is 9.59 Å². The molecule has 1 aromatic heterocycles. The summed E-state index contributed by atoms with van der Waals surface area (Å²) in [6.07, 6.45) is 2.09. The Balaban J connectivity index is 2.17. The number of ether oxygens (including phenoxy) is 2. The zero-order valence-corrected chi connectivity index (χ0v) is 14.2. The summed E-state index contributed by atoms with van der Waals surface area (Å²) in [5, 5.41) is 6.94. The molecular formula is C17H21N3O4. The summed E-state index contributed by atoms with van der Waals surface area (Å²) in [6, 6.07) is 8.87. The Kier molecular flexibility index (Phi) is 5.23. The minimum atomic E-state index is -1.09. The summed E-state index contributed by atoms with van der Waals surface area (Å²) in [7, 11) is 2.89. The molecular weight excluding hydrogens is 310 g/mol. The first-order valence-electron chi connectivity index (χ1n) is 7.54. The number of carbonyl (C=O) groups is 2. The number of hydrogen-bond acceptors (Lipinski definition) is 5. The van der Waals surface area contributed by atoms with E-state index in [1.165, 1.54) is 7.11 Å². The molecule has 0 saturated carbocycles. The minimum Gasteiger partial charge on any atom is -0.497 e. The van der Waals surface area contributed by atoms with E-state index in [0.29, 0.717) is 6.42 Å². The van der Waals surface area contributed by atoms with Gasteiger partial charge in [0.05, 0.1) is 19.9 Å². The third-order valence-corrected chi connectivity index (χ3v) is 3.89. The van der Waals surface area contributed by atoms with E-state index in [1.807, 2.05) is 24.3 Å². The van der Waals surface area contributed by atoms with Gasteiger partial charge in [-0.3, -0.25) is 4.79 Å². The highest BCUT2D eigenvalue weighted by molar-refractivity contribution is 5.96. The van der Waals surface area contributed by atoms with E-state index in [-0.39, 0.29) is 5.69 Å². The summed E-state index contributed by atoms with van der Waals surface area (Å²) in [4.78, 5) is 24.2. The summed E-state index contributed by atoms with van der Waals surface area (Å²) in [5.41, 5.74) is -0.0779. The number of aromatic nitrogens is 2. The van der Waals surface area contributed by atoms with Gasteiger partial charge >= 0.3 is 5.97 Å². The van der Waals surface area contributed by atoms with Crippen LogP contribution in [0.5, 0.6) is 5.75 Å². The van der Waals surface area contributed by atoms with Gasteiger partial charge in [-0.05, 0) is 43.7 Å². The number of amides is 1. The number of hydrogen-bond donors (Lipinski definition) is 1. The van der Waals surface area contributed by atoms with Gasteiger partial charge in [0.25, 0.3) is 5.91 Å². The van der Waals surface area contributed by atoms with E-state index in [0.717, 1.165) is 11.4 Å². The highest BCUT2D eigenvalue weighted by atomic mass is 16.5. The van der Waals surface area contributed by atoms with Crippen LogP contribution < -0.4 is 10.1 Å². The second-order valence-electron chi connectivity index (χ2n) is 5.47. The van der Waals surface area contributed by atoms with E-state index in [2.05, 4.69) is 10.4 Å². The summed E-state index contributed by atoms with van der Waals surface area (Å²) >= 11 is 0. The molecule has 1 N–H and O–H groups in total. The lowest BCUT2D eigenvalue weighted by molar-refractivity contribution is -0.147. The van der Waals surface area contributed by atoms with Gasteiger partial charge in [-0.2, -0.15) is 5.10 Å². The molecule has 0 unspecified atom stereocenters. The first kappa shape index (κ1) is 17.5. The first-order valence-corrected chi connectivity index (χ1v) is 7.54. The molecule has 1 atom stereocenters. The molecule has 2 rings (SSSR count). The van der Waals surface area contributed by atoms with Crippen LogP contribution in [0.4, 0.5) is 0 Å². The van der Waals surface area contributed by atoms with Crippen molar-refractivity contribution in [3.05, 3.63) is 42.2 Å². The largest absolute Gasteiger partial charge is 0.497 e. The Morgan fingerprint density at radius 2 is 1.88 bits per heavy atom. The standard InChI is InChI=1S/C17H21N3O4/c1-5-17(2,16(22)24-4)18-15(21)14-10-11-20(19-14)12-6-8-13(23-3)9-7-12/h6-11H,5H2,1-4H3,(H,18,21)/t17-/m0/s1. The summed E-state index contributed by atoms with van der Waals surface area (Å²) in [5.74, 6) is -0.189. The molecule has 0 radical (unpaired) electrons. The second-order valence-corrected chi connectivity index (χ2v) is 5.47. The molecule has 0 aliphatic rings. The van der Waals surface area contributed by atoms with Crippen molar-refractivity contribution in [2.45, 2.75) is 25.8 Å². The van der Waals surface area contributed by atoms with Crippen LogP contribution in [-0.2, 0) is 9.53 Å². The topological polar surface area (TPSA) is 82.5 Å². The molecule has 7 nitrogen and oxygen atoms in total. The highest BCUT2D eigenvalue weighted by Gasteiger charge is 2.34. The van der Waals surface area contributed by atoms with Crippen LogP contribution in [0.1, 0.15) is 30.8 Å². The highest BCUT2D eigenvalue weighted by Crippen LogP contribution is 2.16. The molecule has 0 bridgehead atoms. The molecule has 0 spiro atoms. The lowest BCUT2D eigenvalue weighted by Gasteiger charge is -2.25. The number of nitrogens with zero attached hydrogens (tertiary/aromatic N) is 2. The predicted molar refractivity (Wildman–Crippen MR) is 88.3 cm³/mol. The van der Waals surface area contributed by atoms with Crippen LogP contribution in [0, 0.1) is 0 Å². The Morgan fingerprint density at radius 1 is 1.21 bits per heavy atom. The molecule has 1 heterocycles. The van der Waals surface area contributed by atoms with Crippen LogP contribution in [0.2, 0.25) is 0 Å². The monoisotopic (exact) mass is 331 g/mol. The van der Waals surface area contributed by atoms with Gasteiger partial charge in [0.1, 0.15) is 11.3 Å². The third kappa shape index (κ3) is 3.56. The van der Waals surface area contributed by atoms with Gasteiger partial charge < -0.3 is 14.8 Å². The molecule has 1 amide bonds. The van der Waals surface area contributed by atoms with Crippen LogP contribution in [0.25, 0.3) is 5.69 Å². The number of methoxy groups -OCH3 is 2. The Labute approximate surface area is 140 Å². The van der Waals surface area contributed by atoms with Crippen LogP contribution in [0.3, 0.4) is 0 Å². The van der Waals surface area contributed by atoms with Gasteiger partial charge in [-0.15, -0.1) is 0 Å². The lowest BCUT2D eigenvalue weighted by atomic mass is 9.99. The summed E-state index contributed by atoms with van der Waals surface area (Å²) < 4.78 is 11.4. The molecule has 128 valence electrons. The quantitative estimate of drug-likeness (QED) is 0.818. The fourth-order valence-corrected chi connectivity index (χ4v) is 2.15. The molecule has 0 aliphatic carbocycles.